The van der Waals surface area contributed by atoms with Crippen LogP contribution in [0.15, 0.2) is 27.1 Å². The van der Waals surface area contributed by atoms with Crippen LogP contribution in [0, 0.1) is 20.8 Å². The molecule has 1 aliphatic rings. The first kappa shape index (κ1) is 16.7. The third kappa shape index (κ3) is 2.48. The zero-order chi connectivity index (χ0) is 18.4. The standard InChI is InChI=1S/C20H22N2O4/c1-11-15-8-7-14(24-4)10-17(15)25-19(11)20(23)22-9-5-6-16(22)18-12(2)21-26-13(18)3/h7-8,10,16H,5-6,9H2,1-4H3/t16-/m1/s1. The van der Waals surface area contributed by atoms with Crippen molar-refractivity contribution < 1.29 is 18.5 Å². The monoisotopic (exact) mass is 354 g/mol. The van der Waals surface area contributed by atoms with E-state index >= 15 is 0 Å². The maximum atomic E-state index is 13.3. The molecule has 1 saturated heterocycles. The van der Waals surface area contributed by atoms with Gasteiger partial charge in [0.1, 0.15) is 17.1 Å². The van der Waals surface area contributed by atoms with Crippen molar-refractivity contribution in [3.8, 4) is 5.75 Å². The molecule has 1 aromatic carbocycles. The quantitative estimate of drug-likeness (QED) is 0.700. The van der Waals surface area contributed by atoms with Crippen LogP contribution >= 0.6 is 0 Å². The average molecular weight is 354 g/mol. The number of amides is 1. The second-order valence-electron chi connectivity index (χ2n) is 6.81. The Balaban J connectivity index is 1.73. The van der Waals surface area contributed by atoms with Gasteiger partial charge in [0, 0.05) is 29.1 Å². The zero-order valence-electron chi connectivity index (χ0n) is 15.5. The summed E-state index contributed by atoms with van der Waals surface area (Å²) in [6, 6.07) is 5.60. The molecule has 0 radical (unpaired) electrons. The minimum absolute atomic E-state index is 0.0177. The Bertz CT molecular complexity index is 966. The third-order valence-electron chi connectivity index (χ3n) is 5.28. The van der Waals surface area contributed by atoms with Gasteiger partial charge in [0.15, 0.2) is 5.76 Å². The van der Waals surface area contributed by atoms with Gasteiger partial charge in [-0.15, -0.1) is 0 Å². The summed E-state index contributed by atoms with van der Waals surface area (Å²) in [7, 11) is 1.61. The number of fused-ring (bicyclic) bond motifs is 1. The summed E-state index contributed by atoms with van der Waals surface area (Å²) in [5, 5.41) is 4.98. The SMILES string of the molecule is COc1ccc2c(C)c(C(=O)N3CCC[C@@H]3c3c(C)noc3C)oc2c1. The number of aromatic nitrogens is 1. The van der Waals surface area contributed by atoms with E-state index < -0.39 is 0 Å². The minimum Gasteiger partial charge on any atom is -0.497 e. The van der Waals surface area contributed by atoms with Gasteiger partial charge in [0.25, 0.3) is 5.91 Å². The zero-order valence-corrected chi connectivity index (χ0v) is 15.5. The fourth-order valence-electron chi connectivity index (χ4n) is 3.94. The van der Waals surface area contributed by atoms with Crippen molar-refractivity contribution in [3.05, 3.63) is 46.5 Å². The van der Waals surface area contributed by atoms with E-state index in [0.29, 0.717) is 23.6 Å². The van der Waals surface area contributed by atoms with Crippen LogP contribution in [0.4, 0.5) is 0 Å². The molecule has 0 bridgehead atoms. The molecule has 0 unspecified atom stereocenters. The highest BCUT2D eigenvalue weighted by atomic mass is 16.5. The number of carbonyl (C=O) groups is 1. The Kier molecular flexibility index (Phi) is 3.98. The number of furan rings is 1. The van der Waals surface area contributed by atoms with Crippen LogP contribution in [0.5, 0.6) is 5.75 Å². The molecule has 1 atom stereocenters. The van der Waals surface area contributed by atoms with E-state index in [0.717, 1.165) is 40.8 Å². The average Bonchev–Trinajstić information content (AvgIpc) is 3.32. The molecule has 4 rings (SSSR count). The fraction of sp³-hybridized carbons (Fsp3) is 0.400. The van der Waals surface area contributed by atoms with Gasteiger partial charge in [-0.05, 0) is 45.7 Å². The van der Waals surface area contributed by atoms with E-state index in [1.54, 1.807) is 7.11 Å². The first-order valence-corrected chi connectivity index (χ1v) is 8.82. The Morgan fingerprint density at radius 1 is 1.31 bits per heavy atom. The van der Waals surface area contributed by atoms with E-state index in [1.807, 2.05) is 43.9 Å². The first-order valence-electron chi connectivity index (χ1n) is 8.82. The summed E-state index contributed by atoms with van der Waals surface area (Å²) >= 11 is 0. The van der Waals surface area contributed by atoms with Crippen LogP contribution in [0.1, 0.15) is 52.0 Å². The molecule has 6 nitrogen and oxygen atoms in total. The van der Waals surface area contributed by atoms with Gasteiger partial charge >= 0.3 is 0 Å². The van der Waals surface area contributed by atoms with Gasteiger partial charge in [0.05, 0.1) is 18.8 Å². The highest BCUT2D eigenvalue weighted by Gasteiger charge is 2.36. The lowest BCUT2D eigenvalue weighted by Gasteiger charge is -2.24. The van der Waals surface area contributed by atoms with E-state index in [9.17, 15) is 4.79 Å². The van der Waals surface area contributed by atoms with Crippen LogP contribution < -0.4 is 4.74 Å². The van der Waals surface area contributed by atoms with Gasteiger partial charge in [-0.1, -0.05) is 5.16 Å². The number of carbonyl (C=O) groups excluding carboxylic acids is 1. The van der Waals surface area contributed by atoms with E-state index in [-0.39, 0.29) is 11.9 Å². The van der Waals surface area contributed by atoms with Crippen molar-refractivity contribution in [2.45, 2.75) is 39.7 Å². The summed E-state index contributed by atoms with van der Waals surface area (Å²) in [6.07, 6.45) is 1.86. The Hall–Kier alpha value is -2.76. The molecule has 26 heavy (non-hydrogen) atoms. The number of hydrogen-bond donors (Lipinski definition) is 0. The number of rotatable bonds is 3. The fourth-order valence-corrected chi connectivity index (χ4v) is 3.94. The molecule has 1 amide bonds. The molecule has 2 aromatic heterocycles. The van der Waals surface area contributed by atoms with Gasteiger partial charge in [-0.2, -0.15) is 0 Å². The van der Waals surface area contributed by atoms with Crippen LogP contribution in [0.2, 0.25) is 0 Å². The van der Waals surface area contributed by atoms with Crippen LogP contribution in [0.3, 0.4) is 0 Å². The Labute approximate surface area is 151 Å². The van der Waals surface area contributed by atoms with E-state index in [2.05, 4.69) is 5.16 Å². The van der Waals surface area contributed by atoms with Crippen molar-refractivity contribution in [1.82, 2.24) is 10.1 Å². The predicted octanol–water partition coefficient (Wildman–Crippen LogP) is 4.33. The minimum atomic E-state index is -0.0832. The largest absolute Gasteiger partial charge is 0.497 e. The highest BCUT2D eigenvalue weighted by molar-refractivity contribution is 5.99. The van der Waals surface area contributed by atoms with Crippen LogP contribution in [-0.2, 0) is 0 Å². The van der Waals surface area contributed by atoms with E-state index in [4.69, 9.17) is 13.7 Å². The predicted molar refractivity (Wildman–Crippen MR) is 96.5 cm³/mol. The van der Waals surface area contributed by atoms with Crippen molar-refractivity contribution in [1.29, 1.82) is 0 Å². The van der Waals surface area contributed by atoms with Gasteiger partial charge in [0.2, 0.25) is 0 Å². The Morgan fingerprint density at radius 3 is 2.81 bits per heavy atom. The van der Waals surface area contributed by atoms with Crippen molar-refractivity contribution >= 4 is 16.9 Å². The molecule has 6 heteroatoms. The lowest BCUT2D eigenvalue weighted by molar-refractivity contribution is 0.0703. The lowest BCUT2D eigenvalue weighted by Crippen LogP contribution is -2.31. The maximum absolute atomic E-state index is 13.3. The summed E-state index contributed by atoms with van der Waals surface area (Å²) in [6.45, 7) is 6.44. The molecule has 136 valence electrons. The van der Waals surface area contributed by atoms with Gasteiger partial charge < -0.3 is 18.6 Å². The summed E-state index contributed by atoms with van der Waals surface area (Å²) < 4.78 is 16.5. The van der Waals surface area contributed by atoms with Crippen LogP contribution in [0.25, 0.3) is 11.0 Å². The number of benzene rings is 1. The number of aryl methyl sites for hydroxylation is 3. The molecule has 3 aromatic rings. The molecule has 0 spiro atoms. The summed E-state index contributed by atoms with van der Waals surface area (Å²) in [4.78, 5) is 15.2. The van der Waals surface area contributed by atoms with E-state index in [1.165, 1.54) is 0 Å². The van der Waals surface area contributed by atoms with Crippen LogP contribution in [-0.4, -0.2) is 29.6 Å². The molecule has 1 fully saturated rings. The van der Waals surface area contributed by atoms with Crippen molar-refractivity contribution in [2.75, 3.05) is 13.7 Å². The molecular formula is C20H22N2O4. The maximum Gasteiger partial charge on any atom is 0.290 e. The topological polar surface area (TPSA) is 68.7 Å². The number of likely N-dealkylation sites (tertiary alicyclic amines) is 1. The molecule has 0 aliphatic carbocycles. The second-order valence-corrected chi connectivity index (χ2v) is 6.81. The Morgan fingerprint density at radius 2 is 2.12 bits per heavy atom. The van der Waals surface area contributed by atoms with Crippen molar-refractivity contribution in [3.63, 3.8) is 0 Å². The number of hydrogen-bond acceptors (Lipinski definition) is 5. The molecular weight excluding hydrogens is 332 g/mol. The molecule has 0 saturated carbocycles. The highest BCUT2D eigenvalue weighted by Crippen LogP contribution is 2.38. The number of methoxy groups -OCH3 is 1. The smallest absolute Gasteiger partial charge is 0.290 e. The first-order chi connectivity index (χ1) is 12.5. The third-order valence-corrected chi connectivity index (χ3v) is 5.28. The molecule has 0 N–H and O–H groups in total. The van der Waals surface area contributed by atoms with Gasteiger partial charge in [-0.3, -0.25) is 4.79 Å². The second kappa shape index (κ2) is 6.20. The van der Waals surface area contributed by atoms with Crippen molar-refractivity contribution in [2.24, 2.45) is 0 Å². The lowest BCUT2D eigenvalue weighted by atomic mass is 10.0. The molecule has 1 aliphatic heterocycles. The number of nitrogens with zero attached hydrogens (tertiary/aromatic N) is 2. The number of ether oxygens (including phenoxy) is 1. The summed E-state index contributed by atoms with van der Waals surface area (Å²) in [5.41, 5.74) is 3.39. The normalized spacial score (nSPS) is 17.2. The van der Waals surface area contributed by atoms with Gasteiger partial charge in [-0.25, -0.2) is 0 Å². The molecule has 3 heterocycles. The summed E-state index contributed by atoms with van der Waals surface area (Å²) in [5.74, 6) is 1.80.